The largest absolute Gasteiger partial charge is 0.478 e. The smallest absolute Gasteiger partial charge is 0.328 e. The number of rotatable bonds is 6. The number of allylic oxidation sites excluding steroid dienone is 2. The van der Waals surface area contributed by atoms with E-state index < -0.39 is 66.0 Å². The number of carboxylic acid groups (broad SMARTS) is 1. The van der Waals surface area contributed by atoms with Crippen molar-refractivity contribution in [2.75, 3.05) is 13.2 Å². The minimum atomic E-state index is -1.54. The summed E-state index contributed by atoms with van der Waals surface area (Å²) in [6.07, 6.45) is -2.65. The third kappa shape index (κ3) is 4.19. The molecule has 4 unspecified atom stereocenters. The molecule has 2 aliphatic heterocycles. The fourth-order valence-corrected chi connectivity index (χ4v) is 4.95. The van der Waals surface area contributed by atoms with Gasteiger partial charge in [0, 0.05) is 17.9 Å². The highest BCUT2D eigenvalue weighted by Crippen LogP contribution is 2.58. The van der Waals surface area contributed by atoms with Crippen molar-refractivity contribution in [3.63, 3.8) is 0 Å². The topological polar surface area (TPSA) is 166 Å². The Hall–Kier alpha value is -1.37. The van der Waals surface area contributed by atoms with Crippen LogP contribution in [0.2, 0.25) is 0 Å². The Kier molecular flexibility index (Phi) is 6.68. The standard InChI is InChI=1S/C21H32O10/c1-11(6-14(23)24)4-5-21(28)19(2)7-12(8-20(21,3)29-10-19)30-18-17(27)16(26)15(25)13(9-22)31-18/h4-6,12-13,15-18,22,25-28H,7-10H2,1-3H3,(H,23,24)/b5-4+,11-6-/t12?,13-,15-,16+,17-,18-,19?,20?,21?/m1/s1. The number of ether oxygens (including phenoxy) is 3. The second kappa shape index (κ2) is 8.53. The molecule has 31 heavy (non-hydrogen) atoms. The summed E-state index contributed by atoms with van der Waals surface area (Å²) in [5.74, 6) is -1.08. The molecule has 1 aliphatic carbocycles. The molecular weight excluding hydrogens is 412 g/mol. The van der Waals surface area contributed by atoms with E-state index in [9.17, 15) is 30.3 Å². The number of hydrogen-bond donors (Lipinski definition) is 6. The van der Waals surface area contributed by atoms with Crippen molar-refractivity contribution in [2.45, 2.75) is 81.6 Å². The summed E-state index contributed by atoms with van der Waals surface area (Å²) < 4.78 is 17.3. The second-order valence-corrected chi connectivity index (χ2v) is 9.27. The van der Waals surface area contributed by atoms with E-state index in [4.69, 9.17) is 19.3 Å². The number of aliphatic carboxylic acids is 1. The first-order valence-electron chi connectivity index (χ1n) is 10.3. The molecule has 0 amide bonds. The van der Waals surface area contributed by atoms with Crippen molar-refractivity contribution in [1.82, 2.24) is 0 Å². The van der Waals surface area contributed by atoms with Gasteiger partial charge in [-0.15, -0.1) is 0 Å². The van der Waals surface area contributed by atoms with Crippen LogP contribution in [0.3, 0.4) is 0 Å². The van der Waals surface area contributed by atoms with E-state index in [1.807, 2.05) is 6.92 Å². The molecule has 0 aromatic carbocycles. The maximum absolute atomic E-state index is 11.6. The third-order valence-corrected chi connectivity index (χ3v) is 6.84. The summed E-state index contributed by atoms with van der Waals surface area (Å²) in [6, 6.07) is 0. The first-order valence-corrected chi connectivity index (χ1v) is 10.3. The van der Waals surface area contributed by atoms with E-state index in [0.29, 0.717) is 12.0 Å². The van der Waals surface area contributed by atoms with Crippen molar-refractivity contribution in [3.05, 3.63) is 23.8 Å². The van der Waals surface area contributed by atoms with Gasteiger partial charge in [0.2, 0.25) is 0 Å². The molecule has 0 spiro atoms. The molecule has 1 saturated carbocycles. The van der Waals surface area contributed by atoms with Gasteiger partial charge in [-0.1, -0.05) is 13.0 Å². The molecule has 0 aromatic rings. The summed E-state index contributed by atoms with van der Waals surface area (Å²) in [7, 11) is 0. The molecule has 9 atom stereocenters. The zero-order valence-electron chi connectivity index (χ0n) is 17.8. The number of fused-ring (bicyclic) bond motifs is 2. The lowest BCUT2D eigenvalue weighted by Crippen LogP contribution is -2.63. The highest BCUT2D eigenvalue weighted by Gasteiger charge is 2.67. The maximum Gasteiger partial charge on any atom is 0.328 e. The fourth-order valence-electron chi connectivity index (χ4n) is 4.95. The third-order valence-electron chi connectivity index (χ3n) is 6.84. The Morgan fingerprint density at radius 2 is 1.84 bits per heavy atom. The van der Waals surface area contributed by atoms with E-state index in [1.165, 1.54) is 0 Å². The Bertz CT molecular complexity index is 728. The highest BCUT2D eigenvalue weighted by molar-refractivity contribution is 5.81. The number of carbonyl (C=O) groups is 1. The lowest BCUT2D eigenvalue weighted by atomic mass is 9.59. The van der Waals surface area contributed by atoms with Gasteiger partial charge >= 0.3 is 5.97 Å². The first-order chi connectivity index (χ1) is 14.4. The molecule has 176 valence electrons. The predicted octanol–water partition coefficient (Wildman–Crippen LogP) is -0.921. The summed E-state index contributed by atoms with van der Waals surface area (Å²) in [6.45, 7) is 4.88. The lowest BCUT2D eigenvalue weighted by molar-refractivity contribution is -0.319. The molecule has 3 rings (SSSR count). The zero-order chi connectivity index (χ0) is 23.2. The van der Waals surface area contributed by atoms with Crippen LogP contribution in [0.25, 0.3) is 0 Å². The van der Waals surface area contributed by atoms with E-state index in [-0.39, 0.29) is 13.0 Å². The second-order valence-electron chi connectivity index (χ2n) is 9.27. The summed E-state index contributed by atoms with van der Waals surface area (Å²) in [4.78, 5) is 10.9. The molecule has 2 heterocycles. The maximum atomic E-state index is 11.6. The van der Waals surface area contributed by atoms with Crippen LogP contribution in [0, 0.1) is 5.41 Å². The van der Waals surface area contributed by atoms with Crippen molar-refractivity contribution in [1.29, 1.82) is 0 Å². The van der Waals surface area contributed by atoms with Crippen LogP contribution in [0.15, 0.2) is 23.8 Å². The van der Waals surface area contributed by atoms with Gasteiger partial charge in [0.05, 0.1) is 19.3 Å². The van der Waals surface area contributed by atoms with Crippen molar-refractivity contribution in [3.8, 4) is 0 Å². The van der Waals surface area contributed by atoms with E-state index in [1.54, 1.807) is 26.0 Å². The van der Waals surface area contributed by atoms with Crippen molar-refractivity contribution < 1.29 is 49.6 Å². The Labute approximate surface area is 180 Å². The van der Waals surface area contributed by atoms with Gasteiger partial charge in [-0.3, -0.25) is 0 Å². The van der Waals surface area contributed by atoms with Crippen molar-refractivity contribution >= 4 is 5.97 Å². The normalized spacial score (nSPS) is 48.3. The SMILES string of the molecule is CC(=C/C(=O)O)/C=C/C1(O)C2(C)COC1(C)CC(O[C@@H]1O[C@H](CO)[C@@H](O)[C@H](O)[C@H]1O)C2. The minimum Gasteiger partial charge on any atom is -0.478 e. The zero-order valence-corrected chi connectivity index (χ0v) is 17.8. The quantitative estimate of drug-likeness (QED) is 0.223. The van der Waals surface area contributed by atoms with Crippen LogP contribution >= 0.6 is 0 Å². The summed E-state index contributed by atoms with van der Waals surface area (Å²) >= 11 is 0. The highest BCUT2D eigenvalue weighted by atomic mass is 16.7. The first kappa shape index (κ1) is 24.3. The van der Waals surface area contributed by atoms with Gasteiger partial charge in [0.1, 0.15) is 35.6 Å². The molecule has 2 bridgehead atoms. The monoisotopic (exact) mass is 444 g/mol. The molecule has 2 saturated heterocycles. The average Bonchev–Trinajstić information content (AvgIpc) is 2.79. The predicted molar refractivity (Wildman–Crippen MR) is 106 cm³/mol. The minimum absolute atomic E-state index is 0.236. The average molecular weight is 444 g/mol. The van der Waals surface area contributed by atoms with E-state index in [0.717, 1.165) is 6.08 Å². The van der Waals surface area contributed by atoms with Gasteiger partial charge in [0.15, 0.2) is 6.29 Å². The fraction of sp³-hybridized carbons (Fsp3) is 0.762. The lowest BCUT2D eigenvalue weighted by Gasteiger charge is -2.51. The van der Waals surface area contributed by atoms with Crippen LogP contribution in [-0.2, 0) is 19.0 Å². The van der Waals surface area contributed by atoms with Gasteiger partial charge in [-0.2, -0.15) is 0 Å². The van der Waals surface area contributed by atoms with Gasteiger partial charge in [-0.25, -0.2) is 4.79 Å². The number of aliphatic hydroxyl groups is 5. The Morgan fingerprint density at radius 1 is 1.16 bits per heavy atom. The van der Waals surface area contributed by atoms with Gasteiger partial charge in [0.25, 0.3) is 0 Å². The Balaban J connectivity index is 1.78. The summed E-state index contributed by atoms with van der Waals surface area (Å²) in [5, 5.41) is 60.0. The summed E-state index contributed by atoms with van der Waals surface area (Å²) in [5.41, 5.74) is -2.77. The number of carboxylic acids is 1. The van der Waals surface area contributed by atoms with E-state index >= 15 is 0 Å². The van der Waals surface area contributed by atoms with Gasteiger partial charge in [-0.05, 0) is 31.9 Å². The molecule has 3 aliphatic rings. The van der Waals surface area contributed by atoms with Crippen LogP contribution in [0.1, 0.15) is 33.6 Å². The van der Waals surface area contributed by atoms with Crippen LogP contribution < -0.4 is 0 Å². The molecule has 3 fully saturated rings. The van der Waals surface area contributed by atoms with Crippen molar-refractivity contribution in [2.24, 2.45) is 5.41 Å². The van der Waals surface area contributed by atoms with Crippen LogP contribution in [0.5, 0.6) is 0 Å². The molecule has 6 N–H and O–H groups in total. The van der Waals surface area contributed by atoms with Crippen LogP contribution in [-0.4, -0.2) is 97.8 Å². The van der Waals surface area contributed by atoms with Gasteiger partial charge < -0.3 is 44.8 Å². The molecular formula is C21H32O10. The van der Waals surface area contributed by atoms with Crippen LogP contribution in [0.4, 0.5) is 0 Å². The molecule has 0 radical (unpaired) electrons. The van der Waals surface area contributed by atoms with E-state index in [2.05, 4.69) is 0 Å². The number of aliphatic hydroxyl groups excluding tert-OH is 4. The number of hydrogen-bond acceptors (Lipinski definition) is 9. The molecule has 10 nitrogen and oxygen atoms in total. The Morgan fingerprint density at radius 3 is 2.42 bits per heavy atom. The molecule has 10 heteroatoms. The molecule has 0 aromatic heterocycles.